The van der Waals surface area contributed by atoms with Crippen LogP contribution in [0, 0.1) is 5.92 Å². The molecule has 0 bridgehead atoms. The Balaban J connectivity index is 1.43. The van der Waals surface area contributed by atoms with Crippen LogP contribution < -0.4 is 14.2 Å². The quantitative estimate of drug-likeness (QED) is 0.305. The van der Waals surface area contributed by atoms with Gasteiger partial charge in [0.15, 0.2) is 0 Å². The molecule has 0 aliphatic carbocycles. The molecular formula is C31H33N3O4. The maximum atomic E-state index is 13.9. The number of ether oxygens (including phenoxy) is 3. The van der Waals surface area contributed by atoms with E-state index in [1.807, 2.05) is 59.5 Å². The van der Waals surface area contributed by atoms with E-state index in [-0.39, 0.29) is 5.91 Å². The van der Waals surface area contributed by atoms with Gasteiger partial charge in [-0.2, -0.15) is 5.10 Å². The molecule has 1 saturated heterocycles. The monoisotopic (exact) mass is 511 g/mol. The number of likely N-dealkylation sites (tertiary alicyclic amines) is 1. The number of hydrogen-bond acceptors (Lipinski definition) is 5. The summed E-state index contributed by atoms with van der Waals surface area (Å²) < 4.78 is 18.0. The number of aromatic nitrogens is 2. The predicted molar refractivity (Wildman–Crippen MR) is 147 cm³/mol. The van der Waals surface area contributed by atoms with Crippen LogP contribution in [-0.2, 0) is 6.42 Å². The molecule has 2 heterocycles. The van der Waals surface area contributed by atoms with Gasteiger partial charge in [-0.3, -0.25) is 4.79 Å². The Morgan fingerprint density at radius 2 is 1.53 bits per heavy atom. The van der Waals surface area contributed by atoms with E-state index in [1.54, 1.807) is 26.0 Å². The van der Waals surface area contributed by atoms with Crippen LogP contribution in [0.4, 0.5) is 0 Å². The first kappa shape index (κ1) is 25.4. The lowest BCUT2D eigenvalue weighted by Gasteiger charge is -2.32. The highest BCUT2D eigenvalue weighted by Crippen LogP contribution is 2.34. The minimum Gasteiger partial charge on any atom is -0.497 e. The van der Waals surface area contributed by atoms with E-state index in [9.17, 15) is 4.79 Å². The second-order valence-electron chi connectivity index (χ2n) is 9.52. The Bertz CT molecular complexity index is 1370. The van der Waals surface area contributed by atoms with Gasteiger partial charge in [-0.05, 0) is 73.2 Å². The van der Waals surface area contributed by atoms with Gasteiger partial charge in [-0.25, -0.2) is 4.68 Å². The molecule has 38 heavy (non-hydrogen) atoms. The lowest BCUT2D eigenvalue weighted by molar-refractivity contribution is 0.0681. The SMILES string of the molecule is COc1ccc(-n2nc(-c3ccc(OC)cc3OC)cc2C(=O)N2CCC(Cc3ccccc3)CC2)cc1. The number of methoxy groups -OCH3 is 3. The van der Waals surface area contributed by atoms with Gasteiger partial charge < -0.3 is 19.1 Å². The summed E-state index contributed by atoms with van der Waals surface area (Å²) in [7, 11) is 4.87. The predicted octanol–water partition coefficient (Wildman–Crippen LogP) is 5.66. The fourth-order valence-corrected chi connectivity index (χ4v) is 5.05. The molecule has 0 saturated carbocycles. The highest BCUT2D eigenvalue weighted by molar-refractivity contribution is 5.94. The third-order valence-corrected chi connectivity index (χ3v) is 7.20. The minimum absolute atomic E-state index is 0.0230. The first-order valence-electron chi connectivity index (χ1n) is 12.9. The molecular weight excluding hydrogens is 478 g/mol. The zero-order valence-corrected chi connectivity index (χ0v) is 22.1. The number of carbonyl (C=O) groups excluding carboxylic acids is 1. The van der Waals surface area contributed by atoms with E-state index in [4.69, 9.17) is 19.3 Å². The van der Waals surface area contributed by atoms with E-state index in [2.05, 4.69) is 24.3 Å². The van der Waals surface area contributed by atoms with Crippen molar-refractivity contribution in [3.05, 3.63) is 90.1 Å². The molecule has 0 radical (unpaired) electrons. The van der Waals surface area contributed by atoms with Crippen molar-refractivity contribution in [2.45, 2.75) is 19.3 Å². The Kier molecular flexibility index (Phi) is 7.63. The van der Waals surface area contributed by atoms with Gasteiger partial charge in [-0.15, -0.1) is 0 Å². The molecule has 4 aromatic rings. The Labute approximate surface area is 223 Å². The highest BCUT2D eigenvalue weighted by Gasteiger charge is 2.28. The number of amides is 1. The maximum Gasteiger partial charge on any atom is 0.272 e. The van der Waals surface area contributed by atoms with Gasteiger partial charge in [-0.1, -0.05) is 30.3 Å². The molecule has 5 rings (SSSR count). The third-order valence-electron chi connectivity index (χ3n) is 7.20. The molecule has 0 N–H and O–H groups in total. The number of rotatable bonds is 8. The third kappa shape index (κ3) is 5.37. The second-order valence-corrected chi connectivity index (χ2v) is 9.52. The van der Waals surface area contributed by atoms with Gasteiger partial charge in [0.2, 0.25) is 0 Å². The standard InChI is InChI=1S/C31H33N3O4/c1-36-25-11-9-24(10-12-25)34-29(21-28(32-34)27-14-13-26(37-2)20-30(27)38-3)31(35)33-17-15-23(16-18-33)19-22-7-5-4-6-8-22/h4-14,20-21,23H,15-19H2,1-3H3. The summed E-state index contributed by atoms with van der Waals surface area (Å²) in [5.74, 6) is 2.61. The normalized spacial score (nSPS) is 13.8. The van der Waals surface area contributed by atoms with Crippen molar-refractivity contribution < 1.29 is 19.0 Å². The van der Waals surface area contributed by atoms with Crippen molar-refractivity contribution in [2.24, 2.45) is 5.92 Å². The Morgan fingerprint density at radius 1 is 0.842 bits per heavy atom. The van der Waals surface area contributed by atoms with Crippen LogP contribution in [0.2, 0.25) is 0 Å². The number of hydrogen-bond donors (Lipinski definition) is 0. The van der Waals surface area contributed by atoms with Crippen molar-refractivity contribution in [1.82, 2.24) is 14.7 Å². The summed E-state index contributed by atoms with van der Waals surface area (Å²) in [5.41, 5.74) is 4.10. The zero-order valence-electron chi connectivity index (χ0n) is 22.1. The minimum atomic E-state index is -0.0230. The summed E-state index contributed by atoms with van der Waals surface area (Å²) >= 11 is 0. The van der Waals surface area contributed by atoms with Crippen molar-refractivity contribution >= 4 is 5.91 Å². The fourth-order valence-electron chi connectivity index (χ4n) is 5.05. The lowest BCUT2D eigenvalue weighted by Crippen LogP contribution is -2.39. The van der Waals surface area contributed by atoms with Gasteiger partial charge in [0, 0.05) is 24.7 Å². The molecule has 0 unspecified atom stereocenters. The number of carbonyl (C=O) groups is 1. The zero-order chi connectivity index (χ0) is 26.5. The average Bonchev–Trinajstić information content (AvgIpc) is 3.42. The molecule has 7 heteroatoms. The van der Waals surface area contributed by atoms with Crippen LogP contribution in [0.3, 0.4) is 0 Å². The van der Waals surface area contributed by atoms with Crippen molar-refractivity contribution in [1.29, 1.82) is 0 Å². The van der Waals surface area contributed by atoms with E-state index in [1.165, 1.54) is 5.56 Å². The molecule has 1 amide bonds. The molecule has 1 aromatic heterocycles. The van der Waals surface area contributed by atoms with Crippen LogP contribution in [0.1, 0.15) is 28.9 Å². The number of nitrogens with zero attached hydrogens (tertiary/aromatic N) is 3. The Hall–Kier alpha value is -4.26. The first-order valence-corrected chi connectivity index (χ1v) is 12.9. The number of piperidine rings is 1. The molecule has 1 fully saturated rings. The molecule has 0 spiro atoms. The first-order chi connectivity index (χ1) is 18.6. The maximum absolute atomic E-state index is 13.9. The molecule has 0 atom stereocenters. The highest BCUT2D eigenvalue weighted by atomic mass is 16.5. The molecule has 1 aliphatic rings. The summed E-state index contributed by atoms with van der Waals surface area (Å²) in [6.45, 7) is 1.45. The van der Waals surface area contributed by atoms with E-state index in [0.717, 1.165) is 49.4 Å². The topological polar surface area (TPSA) is 65.8 Å². The van der Waals surface area contributed by atoms with Crippen LogP contribution in [-0.4, -0.2) is 55.0 Å². The van der Waals surface area contributed by atoms with Gasteiger partial charge in [0.1, 0.15) is 22.9 Å². The molecule has 1 aliphatic heterocycles. The van der Waals surface area contributed by atoms with Crippen LogP contribution in [0.5, 0.6) is 17.2 Å². The van der Waals surface area contributed by atoms with Crippen molar-refractivity contribution in [2.75, 3.05) is 34.4 Å². The van der Waals surface area contributed by atoms with Crippen LogP contribution in [0.15, 0.2) is 78.9 Å². The lowest BCUT2D eigenvalue weighted by atomic mass is 9.90. The summed E-state index contributed by atoms with van der Waals surface area (Å²) in [4.78, 5) is 15.8. The largest absolute Gasteiger partial charge is 0.497 e. The second kappa shape index (κ2) is 11.4. The fraction of sp³-hybridized carbons (Fsp3) is 0.290. The molecule has 196 valence electrons. The van der Waals surface area contributed by atoms with Crippen molar-refractivity contribution in [3.8, 4) is 34.2 Å². The van der Waals surface area contributed by atoms with E-state index < -0.39 is 0 Å². The van der Waals surface area contributed by atoms with Crippen LogP contribution in [0.25, 0.3) is 16.9 Å². The smallest absolute Gasteiger partial charge is 0.272 e. The molecule has 3 aromatic carbocycles. The summed E-state index contributed by atoms with van der Waals surface area (Å²) in [6.07, 6.45) is 3.01. The average molecular weight is 512 g/mol. The van der Waals surface area contributed by atoms with Gasteiger partial charge in [0.25, 0.3) is 5.91 Å². The number of benzene rings is 3. The Morgan fingerprint density at radius 3 is 2.18 bits per heavy atom. The van der Waals surface area contributed by atoms with Crippen molar-refractivity contribution in [3.63, 3.8) is 0 Å². The van der Waals surface area contributed by atoms with E-state index >= 15 is 0 Å². The summed E-state index contributed by atoms with van der Waals surface area (Å²) in [5, 5.41) is 4.86. The molecule has 7 nitrogen and oxygen atoms in total. The van der Waals surface area contributed by atoms with E-state index in [0.29, 0.717) is 28.8 Å². The van der Waals surface area contributed by atoms with Crippen LogP contribution >= 0.6 is 0 Å². The van der Waals surface area contributed by atoms with Gasteiger partial charge in [0.05, 0.1) is 32.7 Å². The van der Waals surface area contributed by atoms with Gasteiger partial charge >= 0.3 is 0 Å². The summed E-state index contributed by atoms with van der Waals surface area (Å²) in [6, 6.07) is 25.6.